The number of amides is 1. The Morgan fingerprint density at radius 2 is 1.65 bits per heavy atom. The lowest BCUT2D eigenvalue weighted by atomic mass is 9.94. The molecule has 9 nitrogen and oxygen atoms in total. The maximum Gasteiger partial charge on any atom is 0.243 e. The van der Waals surface area contributed by atoms with E-state index in [1.54, 1.807) is 18.2 Å². The second-order valence-electron chi connectivity index (χ2n) is 11.4. The highest BCUT2D eigenvalue weighted by Crippen LogP contribution is 2.37. The van der Waals surface area contributed by atoms with Crippen molar-refractivity contribution in [2.75, 3.05) is 33.4 Å². The third-order valence-electron chi connectivity index (χ3n) is 8.65. The first-order chi connectivity index (χ1) is 19.4. The SMILES string of the molecule is CC(Sc1nnc(-c2cccc(S(=O)(=O)N3CCOCC3)c2)n1C1CCCCCC1)C(=O)N(C)C1CCCCC1. The monoisotopic (exact) mass is 589 g/mol. The lowest BCUT2D eigenvalue weighted by Gasteiger charge is -2.32. The number of hydrogen-bond acceptors (Lipinski definition) is 7. The predicted octanol–water partition coefficient (Wildman–Crippen LogP) is 5.13. The Morgan fingerprint density at radius 3 is 2.35 bits per heavy atom. The zero-order valence-electron chi connectivity index (χ0n) is 23.8. The van der Waals surface area contributed by atoms with Gasteiger partial charge in [-0.2, -0.15) is 4.31 Å². The molecule has 0 spiro atoms. The summed E-state index contributed by atoms with van der Waals surface area (Å²) in [6, 6.07) is 7.60. The molecule has 0 N–H and O–H groups in total. The summed E-state index contributed by atoms with van der Waals surface area (Å²) in [7, 11) is -1.70. The van der Waals surface area contributed by atoms with Gasteiger partial charge < -0.3 is 9.64 Å². The highest BCUT2D eigenvalue weighted by molar-refractivity contribution is 8.00. The summed E-state index contributed by atoms with van der Waals surface area (Å²) in [5.41, 5.74) is 0.733. The molecule has 2 saturated carbocycles. The molecule has 11 heteroatoms. The fourth-order valence-corrected chi connectivity index (χ4v) is 8.75. The van der Waals surface area contributed by atoms with E-state index in [4.69, 9.17) is 4.74 Å². The molecule has 40 heavy (non-hydrogen) atoms. The zero-order chi connectivity index (χ0) is 28.1. The first kappa shape index (κ1) is 29.5. The summed E-state index contributed by atoms with van der Waals surface area (Å²) in [6.07, 6.45) is 12.5. The fourth-order valence-electron chi connectivity index (χ4n) is 6.27. The number of nitrogens with zero attached hydrogens (tertiary/aromatic N) is 5. The van der Waals surface area contributed by atoms with Crippen LogP contribution in [-0.2, 0) is 19.6 Å². The van der Waals surface area contributed by atoms with E-state index in [0.717, 1.165) is 49.2 Å². The van der Waals surface area contributed by atoms with Gasteiger partial charge in [-0.15, -0.1) is 10.2 Å². The lowest BCUT2D eigenvalue weighted by molar-refractivity contribution is -0.131. The zero-order valence-corrected chi connectivity index (χ0v) is 25.5. The summed E-state index contributed by atoms with van der Waals surface area (Å²) in [6.45, 7) is 3.48. The molecule has 1 saturated heterocycles. The average Bonchev–Trinajstić information content (AvgIpc) is 3.21. The van der Waals surface area contributed by atoms with Crippen molar-refractivity contribution in [3.05, 3.63) is 24.3 Å². The maximum atomic E-state index is 13.4. The van der Waals surface area contributed by atoms with E-state index in [2.05, 4.69) is 14.8 Å². The quantitative estimate of drug-likeness (QED) is 0.311. The molecular weight excluding hydrogens is 546 g/mol. The second kappa shape index (κ2) is 13.4. The van der Waals surface area contributed by atoms with Crippen LogP contribution in [0, 0.1) is 0 Å². The minimum absolute atomic E-state index is 0.132. The lowest BCUT2D eigenvalue weighted by Crippen LogP contribution is -2.42. The van der Waals surface area contributed by atoms with Crippen LogP contribution in [0.5, 0.6) is 0 Å². The van der Waals surface area contributed by atoms with Crippen LogP contribution in [0.1, 0.15) is 83.6 Å². The van der Waals surface area contributed by atoms with E-state index in [-0.39, 0.29) is 22.1 Å². The van der Waals surface area contributed by atoms with Gasteiger partial charge in [0.05, 0.1) is 23.4 Å². The van der Waals surface area contributed by atoms with Gasteiger partial charge in [-0.05, 0) is 44.7 Å². The largest absolute Gasteiger partial charge is 0.379 e. The van der Waals surface area contributed by atoms with E-state index in [1.807, 2.05) is 24.9 Å². The molecule has 220 valence electrons. The molecule has 2 aromatic rings. The van der Waals surface area contributed by atoms with Crippen LogP contribution in [0.4, 0.5) is 0 Å². The normalized spacial score (nSPS) is 21.1. The smallest absolute Gasteiger partial charge is 0.243 e. The molecule has 2 aliphatic carbocycles. The number of morpholine rings is 1. The van der Waals surface area contributed by atoms with E-state index >= 15 is 0 Å². The van der Waals surface area contributed by atoms with Crippen molar-refractivity contribution < 1.29 is 17.9 Å². The Labute approximate surface area is 243 Å². The van der Waals surface area contributed by atoms with Crippen LogP contribution in [0.2, 0.25) is 0 Å². The number of thioether (sulfide) groups is 1. The third-order valence-corrected chi connectivity index (χ3v) is 11.6. The second-order valence-corrected chi connectivity index (χ2v) is 14.6. The minimum Gasteiger partial charge on any atom is -0.379 e. The summed E-state index contributed by atoms with van der Waals surface area (Å²) in [4.78, 5) is 15.6. The van der Waals surface area contributed by atoms with Crippen molar-refractivity contribution in [2.24, 2.45) is 0 Å². The molecule has 1 unspecified atom stereocenters. The van der Waals surface area contributed by atoms with Crippen molar-refractivity contribution in [3.8, 4) is 11.4 Å². The van der Waals surface area contributed by atoms with Crippen LogP contribution in [0.15, 0.2) is 34.3 Å². The Balaban J connectivity index is 1.44. The molecule has 5 rings (SSSR count). The topological polar surface area (TPSA) is 97.6 Å². The molecule has 0 radical (unpaired) electrons. The number of ether oxygens (including phenoxy) is 1. The molecule has 1 aromatic heterocycles. The molecule has 1 amide bonds. The van der Waals surface area contributed by atoms with Crippen LogP contribution in [-0.4, -0.2) is 82.9 Å². The van der Waals surface area contributed by atoms with Crippen LogP contribution >= 0.6 is 11.8 Å². The standard InChI is InChI=1S/C29H43N5O4S2/c1-22(28(35)32(2)24-12-8-5-9-13-24)39-29-31-30-27(34(29)25-14-6-3-4-7-15-25)23-11-10-16-26(21-23)40(36,37)33-17-19-38-20-18-33/h10-11,16,21-22,24-25H,3-9,12-15,17-20H2,1-2H3. The van der Waals surface area contributed by atoms with Gasteiger partial charge in [-0.25, -0.2) is 8.42 Å². The van der Waals surface area contributed by atoms with Crippen LogP contribution in [0.25, 0.3) is 11.4 Å². The Hall–Kier alpha value is -1.95. The summed E-state index contributed by atoms with van der Waals surface area (Å²) in [5.74, 6) is 0.807. The maximum absolute atomic E-state index is 13.4. The van der Waals surface area contributed by atoms with E-state index in [9.17, 15) is 13.2 Å². The first-order valence-corrected chi connectivity index (χ1v) is 17.2. The predicted molar refractivity (Wildman–Crippen MR) is 157 cm³/mol. The van der Waals surface area contributed by atoms with E-state index < -0.39 is 10.0 Å². The molecule has 3 aliphatic rings. The highest BCUT2D eigenvalue weighted by Gasteiger charge is 2.31. The first-order valence-electron chi connectivity index (χ1n) is 14.9. The van der Waals surface area contributed by atoms with Gasteiger partial charge in [0, 0.05) is 37.8 Å². The number of hydrogen-bond donors (Lipinski definition) is 0. The molecule has 3 fully saturated rings. The van der Waals surface area contributed by atoms with E-state index in [1.165, 1.54) is 48.2 Å². The van der Waals surface area contributed by atoms with Gasteiger partial charge in [0.15, 0.2) is 11.0 Å². The molecule has 1 aromatic carbocycles. The van der Waals surface area contributed by atoms with Gasteiger partial charge in [-0.3, -0.25) is 9.36 Å². The summed E-state index contributed by atoms with van der Waals surface area (Å²) in [5, 5.41) is 9.66. The van der Waals surface area contributed by atoms with Crippen molar-refractivity contribution in [1.29, 1.82) is 0 Å². The minimum atomic E-state index is -3.64. The molecule has 1 aliphatic heterocycles. The number of sulfonamides is 1. The molecule has 1 atom stereocenters. The van der Waals surface area contributed by atoms with Gasteiger partial charge in [0.1, 0.15) is 0 Å². The number of carbonyl (C=O) groups is 1. The average molecular weight is 590 g/mol. The molecular formula is C29H43N5O4S2. The Bertz CT molecular complexity index is 1250. The van der Waals surface area contributed by atoms with Crippen molar-refractivity contribution in [2.45, 2.75) is 105 Å². The summed E-state index contributed by atoms with van der Waals surface area (Å²) >= 11 is 1.48. The molecule has 0 bridgehead atoms. The van der Waals surface area contributed by atoms with Crippen LogP contribution in [0.3, 0.4) is 0 Å². The number of aromatic nitrogens is 3. The summed E-state index contributed by atoms with van der Waals surface area (Å²) < 4.78 is 35.9. The Kier molecular flexibility index (Phi) is 9.86. The number of rotatable bonds is 8. The number of benzene rings is 1. The van der Waals surface area contributed by atoms with Crippen LogP contribution < -0.4 is 0 Å². The van der Waals surface area contributed by atoms with Gasteiger partial charge in [0.25, 0.3) is 0 Å². The Morgan fingerprint density at radius 1 is 1.00 bits per heavy atom. The van der Waals surface area contributed by atoms with Crippen molar-refractivity contribution in [1.82, 2.24) is 24.0 Å². The van der Waals surface area contributed by atoms with Crippen molar-refractivity contribution in [3.63, 3.8) is 0 Å². The van der Waals surface area contributed by atoms with Crippen molar-refractivity contribution >= 4 is 27.7 Å². The fraction of sp³-hybridized carbons (Fsp3) is 0.690. The molecule has 2 heterocycles. The highest BCUT2D eigenvalue weighted by atomic mass is 32.2. The van der Waals surface area contributed by atoms with Gasteiger partial charge in [-0.1, -0.05) is 68.8 Å². The number of carbonyl (C=O) groups excluding carboxylic acids is 1. The third kappa shape index (κ3) is 6.58. The van der Waals surface area contributed by atoms with E-state index in [0.29, 0.717) is 38.2 Å². The van der Waals surface area contributed by atoms with Gasteiger partial charge in [0.2, 0.25) is 15.9 Å². The van der Waals surface area contributed by atoms with Gasteiger partial charge >= 0.3 is 0 Å².